The fourth-order valence-corrected chi connectivity index (χ4v) is 1.69. The summed E-state index contributed by atoms with van der Waals surface area (Å²) in [5.41, 5.74) is 2.33. The van der Waals surface area contributed by atoms with Gasteiger partial charge in [0.25, 0.3) is 0 Å². The van der Waals surface area contributed by atoms with E-state index in [2.05, 4.69) is 0 Å². The Bertz CT molecular complexity index is 230. The Morgan fingerprint density at radius 2 is 2.45 bits per heavy atom. The summed E-state index contributed by atoms with van der Waals surface area (Å²) in [6, 6.07) is 0. The first-order valence-corrected chi connectivity index (χ1v) is 3.92. The predicted octanol–water partition coefficient (Wildman–Crippen LogP) is 2.00. The molecular formula is C9H11FO. The Kier molecular flexibility index (Phi) is 1.57. The second-order valence-corrected chi connectivity index (χ2v) is 3.05. The van der Waals surface area contributed by atoms with Gasteiger partial charge in [-0.05, 0) is 30.6 Å². The molecule has 11 heavy (non-hydrogen) atoms. The van der Waals surface area contributed by atoms with Crippen LogP contribution in [0.3, 0.4) is 0 Å². The summed E-state index contributed by atoms with van der Waals surface area (Å²) in [6.45, 7) is 2.69. The third-order valence-electron chi connectivity index (χ3n) is 2.34. The van der Waals surface area contributed by atoms with Crippen LogP contribution in [0, 0.1) is 0 Å². The molecule has 1 aliphatic carbocycles. The number of hydrogen-bond acceptors (Lipinski definition) is 1. The number of halogens is 1. The maximum atomic E-state index is 13.1. The van der Waals surface area contributed by atoms with Crippen molar-refractivity contribution in [1.82, 2.24) is 0 Å². The van der Waals surface area contributed by atoms with E-state index in [1.54, 1.807) is 6.08 Å². The molecule has 0 N–H and O–H groups in total. The summed E-state index contributed by atoms with van der Waals surface area (Å²) in [5, 5.41) is 0. The van der Waals surface area contributed by atoms with Gasteiger partial charge in [0.2, 0.25) is 0 Å². The van der Waals surface area contributed by atoms with Crippen LogP contribution in [0.1, 0.15) is 13.3 Å². The highest BCUT2D eigenvalue weighted by molar-refractivity contribution is 5.35. The molecule has 2 unspecified atom stereocenters. The molecule has 2 heteroatoms. The Morgan fingerprint density at radius 3 is 3.18 bits per heavy atom. The third-order valence-corrected chi connectivity index (χ3v) is 2.34. The van der Waals surface area contributed by atoms with E-state index in [-0.39, 0.29) is 6.10 Å². The molecule has 1 fully saturated rings. The van der Waals surface area contributed by atoms with Crippen LogP contribution >= 0.6 is 0 Å². The molecule has 2 aliphatic rings. The molecular weight excluding hydrogens is 143 g/mol. The van der Waals surface area contributed by atoms with Gasteiger partial charge in [-0.15, -0.1) is 0 Å². The highest BCUT2D eigenvalue weighted by atomic mass is 19.1. The van der Waals surface area contributed by atoms with Gasteiger partial charge in [0.05, 0.1) is 6.61 Å². The largest absolute Gasteiger partial charge is 0.370 e. The van der Waals surface area contributed by atoms with Crippen molar-refractivity contribution in [3.8, 4) is 0 Å². The Balaban J connectivity index is 2.34. The lowest BCUT2D eigenvalue weighted by molar-refractivity contribution is 0.0753. The number of alkyl halides is 1. The fourth-order valence-electron chi connectivity index (χ4n) is 1.69. The normalized spacial score (nSPS) is 36.2. The smallest absolute Gasteiger partial charge is 0.148 e. The molecule has 0 aromatic carbocycles. The van der Waals surface area contributed by atoms with Crippen LogP contribution in [-0.2, 0) is 4.74 Å². The first-order chi connectivity index (χ1) is 5.29. The van der Waals surface area contributed by atoms with Crippen LogP contribution in [0.25, 0.3) is 0 Å². The van der Waals surface area contributed by atoms with Crippen molar-refractivity contribution < 1.29 is 9.13 Å². The summed E-state index contributed by atoms with van der Waals surface area (Å²) in [4.78, 5) is 0. The van der Waals surface area contributed by atoms with Crippen molar-refractivity contribution in [2.45, 2.75) is 25.6 Å². The van der Waals surface area contributed by atoms with Crippen LogP contribution in [-0.4, -0.2) is 18.9 Å². The summed E-state index contributed by atoms with van der Waals surface area (Å²) >= 11 is 0. The van der Waals surface area contributed by atoms with Gasteiger partial charge in [0.1, 0.15) is 12.3 Å². The standard InChI is InChI=1S/C9H11FO/c1-6-2-3-8(10)9-7(6)4-5-11-9/h2-3,8-9H,4-5H2,1H3. The van der Waals surface area contributed by atoms with Gasteiger partial charge < -0.3 is 4.74 Å². The fraction of sp³-hybridized carbons (Fsp3) is 0.556. The summed E-state index contributed by atoms with van der Waals surface area (Å²) in [7, 11) is 0. The molecule has 2 atom stereocenters. The van der Waals surface area contributed by atoms with Gasteiger partial charge in [0.15, 0.2) is 0 Å². The van der Waals surface area contributed by atoms with E-state index < -0.39 is 6.17 Å². The van der Waals surface area contributed by atoms with E-state index in [0.29, 0.717) is 6.61 Å². The summed E-state index contributed by atoms with van der Waals surface area (Å²) < 4.78 is 18.3. The van der Waals surface area contributed by atoms with Crippen LogP contribution < -0.4 is 0 Å². The minimum absolute atomic E-state index is 0.264. The van der Waals surface area contributed by atoms with Gasteiger partial charge in [-0.3, -0.25) is 0 Å². The van der Waals surface area contributed by atoms with E-state index in [1.165, 1.54) is 5.57 Å². The average Bonchev–Trinajstić information content (AvgIpc) is 2.45. The van der Waals surface area contributed by atoms with E-state index in [4.69, 9.17) is 4.74 Å². The maximum Gasteiger partial charge on any atom is 0.148 e. The van der Waals surface area contributed by atoms with Crippen molar-refractivity contribution in [2.75, 3.05) is 6.61 Å². The maximum absolute atomic E-state index is 13.1. The van der Waals surface area contributed by atoms with Crippen LogP contribution in [0.2, 0.25) is 0 Å². The molecule has 0 radical (unpaired) electrons. The molecule has 1 aliphatic heterocycles. The zero-order valence-electron chi connectivity index (χ0n) is 6.51. The molecule has 0 aromatic rings. The highest BCUT2D eigenvalue weighted by Gasteiger charge is 2.31. The van der Waals surface area contributed by atoms with E-state index in [0.717, 1.165) is 12.0 Å². The van der Waals surface area contributed by atoms with E-state index in [1.807, 2.05) is 13.0 Å². The van der Waals surface area contributed by atoms with Crippen molar-refractivity contribution in [3.05, 3.63) is 23.3 Å². The Hall–Kier alpha value is -0.630. The van der Waals surface area contributed by atoms with Gasteiger partial charge in [-0.25, -0.2) is 4.39 Å². The second kappa shape index (κ2) is 2.45. The zero-order chi connectivity index (χ0) is 7.84. The topological polar surface area (TPSA) is 9.23 Å². The van der Waals surface area contributed by atoms with E-state index in [9.17, 15) is 4.39 Å². The zero-order valence-corrected chi connectivity index (χ0v) is 6.51. The quantitative estimate of drug-likeness (QED) is 0.518. The molecule has 0 bridgehead atoms. The first-order valence-electron chi connectivity index (χ1n) is 3.92. The monoisotopic (exact) mass is 154 g/mol. The van der Waals surface area contributed by atoms with Gasteiger partial charge in [0, 0.05) is 0 Å². The third kappa shape index (κ3) is 1.02. The summed E-state index contributed by atoms with van der Waals surface area (Å²) in [5.74, 6) is 0. The molecule has 2 rings (SSSR count). The number of rotatable bonds is 0. The predicted molar refractivity (Wildman–Crippen MR) is 41.1 cm³/mol. The molecule has 0 amide bonds. The first kappa shape index (κ1) is 7.04. The van der Waals surface area contributed by atoms with Gasteiger partial charge in [-0.1, -0.05) is 6.08 Å². The average molecular weight is 154 g/mol. The van der Waals surface area contributed by atoms with Crippen molar-refractivity contribution in [2.24, 2.45) is 0 Å². The molecule has 1 nitrogen and oxygen atoms in total. The number of ether oxygens (including phenoxy) is 1. The van der Waals surface area contributed by atoms with Crippen molar-refractivity contribution in [3.63, 3.8) is 0 Å². The highest BCUT2D eigenvalue weighted by Crippen LogP contribution is 2.31. The van der Waals surface area contributed by atoms with Crippen LogP contribution in [0.4, 0.5) is 4.39 Å². The molecule has 0 spiro atoms. The Morgan fingerprint density at radius 1 is 1.64 bits per heavy atom. The molecule has 0 saturated carbocycles. The van der Waals surface area contributed by atoms with Gasteiger partial charge in [-0.2, -0.15) is 0 Å². The lowest BCUT2D eigenvalue weighted by Crippen LogP contribution is -2.23. The minimum Gasteiger partial charge on any atom is -0.370 e. The number of allylic oxidation sites excluding steroid dienone is 2. The van der Waals surface area contributed by atoms with E-state index >= 15 is 0 Å². The molecule has 0 aromatic heterocycles. The molecule has 1 heterocycles. The number of fused-ring (bicyclic) bond motifs is 1. The van der Waals surface area contributed by atoms with Crippen LogP contribution in [0.5, 0.6) is 0 Å². The second-order valence-electron chi connectivity index (χ2n) is 3.05. The SMILES string of the molecule is CC1=C2CCOC2C(F)C=C1. The number of hydrogen-bond donors (Lipinski definition) is 0. The van der Waals surface area contributed by atoms with Crippen LogP contribution in [0.15, 0.2) is 23.3 Å². The van der Waals surface area contributed by atoms with Gasteiger partial charge >= 0.3 is 0 Å². The molecule has 1 saturated heterocycles. The molecule has 60 valence electrons. The minimum atomic E-state index is -0.920. The Labute approximate surface area is 65.5 Å². The van der Waals surface area contributed by atoms with Crippen molar-refractivity contribution in [1.29, 1.82) is 0 Å². The lowest BCUT2D eigenvalue weighted by atomic mass is 9.94. The summed E-state index contributed by atoms with van der Waals surface area (Å²) in [6.07, 6.45) is 3.15. The van der Waals surface area contributed by atoms with Crippen molar-refractivity contribution >= 4 is 0 Å². The lowest BCUT2D eigenvalue weighted by Gasteiger charge is -2.19.